The molecule has 7 nitrogen and oxygen atoms in total. The first-order valence-corrected chi connectivity index (χ1v) is 10.2. The minimum absolute atomic E-state index is 0.0507. The summed E-state index contributed by atoms with van der Waals surface area (Å²) in [5, 5.41) is 8.87. The third-order valence-electron chi connectivity index (χ3n) is 2.91. The summed E-state index contributed by atoms with van der Waals surface area (Å²) < 4.78 is 77.0. The number of carbonyl (C=O) groups is 1. The van der Waals surface area contributed by atoms with Crippen LogP contribution < -0.4 is 3.71 Å². The second-order valence-corrected chi connectivity index (χ2v) is 9.00. The van der Waals surface area contributed by atoms with E-state index in [1.54, 1.807) is 0 Å². The Bertz CT molecular complexity index is 800. The van der Waals surface area contributed by atoms with Gasteiger partial charge in [0.05, 0.1) is 11.5 Å². The van der Waals surface area contributed by atoms with E-state index in [1.165, 1.54) is 13.8 Å². The first-order chi connectivity index (χ1) is 11.0. The topological polar surface area (TPSA) is 109 Å². The van der Waals surface area contributed by atoms with Gasteiger partial charge in [-0.25, -0.2) is 30.4 Å². The fraction of sp³-hybridized carbons (Fsp3) is 0.462. The second-order valence-electron chi connectivity index (χ2n) is 4.89. The SMILES string of the molecule is CCCS(=O)(=O)N(c1ccc(F)c(C(=O)O)c1F)S(=O)(=O)CCC. The zero-order chi connectivity index (χ0) is 18.7. The lowest BCUT2D eigenvalue weighted by Crippen LogP contribution is -2.40. The van der Waals surface area contributed by atoms with Gasteiger partial charge in [0.15, 0.2) is 5.82 Å². The maximum Gasteiger partial charge on any atom is 0.341 e. The summed E-state index contributed by atoms with van der Waals surface area (Å²) >= 11 is 0. The minimum Gasteiger partial charge on any atom is -0.477 e. The van der Waals surface area contributed by atoms with E-state index in [0.717, 1.165) is 0 Å². The molecule has 0 aliphatic heterocycles. The number of benzene rings is 1. The van der Waals surface area contributed by atoms with Crippen molar-refractivity contribution in [2.75, 3.05) is 15.2 Å². The molecule has 136 valence electrons. The zero-order valence-corrected chi connectivity index (χ0v) is 14.6. The van der Waals surface area contributed by atoms with E-state index in [0.29, 0.717) is 12.1 Å². The van der Waals surface area contributed by atoms with Crippen molar-refractivity contribution in [3.05, 3.63) is 29.3 Å². The van der Waals surface area contributed by atoms with Gasteiger partial charge in [-0.3, -0.25) is 0 Å². The normalized spacial score (nSPS) is 12.2. The average molecular weight is 385 g/mol. The highest BCUT2D eigenvalue weighted by atomic mass is 32.3. The molecule has 0 bridgehead atoms. The maximum atomic E-state index is 14.4. The van der Waals surface area contributed by atoms with Crippen molar-refractivity contribution in [3.8, 4) is 0 Å². The summed E-state index contributed by atoms with van der Waals surface area (Å²) in [5.74, 6) is -6.39. The molecule has 0 amide bonds. The Morgan fingerprint density at radius 2 is 1.50 bits per heavy atom. The van der Waals surface area contributed by atoms with Gasteiger partial charge in [0, 0.05) is 0 Å². The smallest absolute Gasteiger partial charge is 0.341 e. The minimum atomic E-state index is -4.49. The van der Waals surface area contributed by atoms with E-state index in [2.05, 4.69) is 0 Å². The molecule has 0 saturated heterocycles. The molecule has 0 saturated carbocycles. The van der Waals surface area contributed by atoms with Crippen LogP contribution in [0.1, 0.15) is 37.0 Å². The van der Waals surface area contributed by atoms with Gasteiger partial charge in [0.1, 0.15) is 17.1 Å². The first-order valence-electron chi connectivity index (χ1n) is 6.96. The Hall–Kier alpha value is -1.75. The average Bonchev–Trinajstić information content (AvgIpc) is 2.40. The summed E-state index contributed by atoms with van der Waals surface area (Å²) in [6.07, 6.45) is 0.101. The van der Waals surface area contributed by atoms with Crippen LogP contribution in [-0.2, 0) is 20.0 Å². The molecule has 0 fully saturated rings. The predicted octanol–water partition coefficient (Wildman–Crippen LogP) is 1.95. The van der Waals surface area contributed by atoms with Crippen LogP contribution >= 0.6 is 0 Å². The van der Waals surface area contributed by atoms with Crippen molar-refractivity contribution in [2.45, 2.75) is 26.7 Å². The largest absolute Gasteiger partial charge is 0.477 e. The van der Waals surface area contributed by atoms with Crippen LogP contribution in [0.3, 0.4) is 0 Å². The molecule has 0 aromatic heterocycles. The summed E-state index contributed by atoms with van der Waals surface area (Å²) in [4.78, 5) is 11.0. The Morgan fingerprint density at radius 1 is 1.04 bits per heavy atom. The number of halogens is 2. The number of carboxylic acid groups (broad SMARTS) is 1. The van der Waals surface area contributed by atoms with Gasteiger partial charge in [-0.15, -0.1) is 0 Å². The molecular weight excluding hydrogens is 368 g/mol. The summed E-state index contributed by atoms with van der Waals surface area (Å²) in [6.45, 7) is 2.96. The standard InChI is InChI=1S/C13H17F2NO6S2/c1-3-7-23(19,20)16(24(21,22)8-4-2)10-6-5-9(14)11(12(10)15)13(17)18/h5-6H,3-4,7-8H2,1-2H3,(H,17,18). The molecule has 0 aliphatic rings. The summed E-state index contributed by atoms with van der Waals surface area (Å²) in [7, 11) is -8.99. The van der Waals surface area contributed by atoms with Gasteiger partial charge in [-0.1, -0.05) is 13.8 Å². The Balaban J connectivity index is 3.76. The van der Waals surface area contributed by atoms with Crippen molar-refractivity contribution < 1.29 is 35.5 Å². The summed E-state index contributed by atoms with van der Waals surface area (Å²) in [6, 6.07) is 1.11. The number of hydrogen-bond donors (Lipinski definition) is 1. The number of hydrogen-bond acceptors (Lipinski definition) is 5. The van der Waals surface area contributed by atoms with Crippen LogP contribution in [0.15, 0.2) is 12.1 Å². The van der Waals surface area contributed by atoms with Gasteiger partial charge in [-0.2, -0.15) is 3.71 Å². The molecule has 1 N–H and O–H groups in total. The Morgan fingerprint density at radius 3 is 1.88 bits per heavy atom. The molecule has 0 spiro atoms. The quantitative estimate of drug-likeness (QED) is 0.733. The predicted molar refractivity (Wildman–Crippen MR) is 84.0 cm³/mol. The van der Waals surface area contributed by atoms with E-state index < -0.39 is 60.4 Å². The van der Waals surface area contributed by atoms with Gasteiger partial charge in [0.25, 0.3) is 0 Å². The number of anilines is 1. The third kappa shape index (κ3) is 4.01. The number of nitrogens with zero attached hydrogens (tertiary/aromatic N) is 1. The van der Waals surface area contributed by atoms with Crippen LogP contribution in [-0.4, -0.2) is 39.4 Å². The van der Waals surface area contributed by atoms with Crippen LogP contribution in [0.25, 0.3) is 0 Å². The number of sulfonamides is 2. The number of carboxylic acids is 1. The third-order valence-corrected chi connectivity index (χ3v) is 7.53. The van der Waals surface area contributed by atoms with Gasteiger partial charge >= 0.3 is 5.97 Å². The lowest BCUT2D eigenvalue weighted by Gasteiger charge is -2.24. The van der Waals surface area contributed by atoms with Crippen molar-refractivity contribution in [2.24, 2.45) is 0 Å². The van der Waals surface area contributed by atoms with Gasteiger partial charge < -0.3 is 5.11 Å². The molecule has 0 aliphatic carbocycles. The van der Waals surface area contributed by atoms with E-state index in [1.807, 2.05) is 0 Å². The van der Waals surface area contributed by atoms with Crippen LogP contribution in [0.2, 0.25) is 0 Å². The molecule has 1 rings (SSSR count). The van der Waals surface area contributed by atoms with Gasteiger partial charge in [0.2, 0.25) is 20.0 Å². The van der Waals surface area contributed by atoms with E-state index in [4.69, 9.17) is 5.11 Å². The Labute approximate surface area is 139 Å². The molecule has 0 atom stereocenters. The molecule has 24 heavy (non-hydrogen) atoms. The van der Waals surface area contributed by atoms with Crippen molar-refractivity contribution in [1.82, 2.24) is 0 Å². The molecule has 1 aromatic rings. The highest BCUT2D eigenvalue weighted by Crippen LogP contribution is 2.30. The lowest BCUT2D eigenvalue weighted by molar-refractivity contribution is 0.0686. The molecule has 0 unspecified atom stereocenters. The molecule has 1 aromatic carbocycles. The highest BCUT2D eigenvalue weighted by molar-refractivity contribution is 8.10. The zero-order valence-electron chi connectivity index (χ0n) is 13.0. The van der Waals surface area contributed by atoms with Crippen molar-refractivity contribution in [3.63, 3.8) is 0 Å². The van der Waals surface area contributed by atoms with E-state index in [9.17, 15) is 30.4 Å². The molecule has 11 heteroatoms. The lowest BCUT2D eigenvalue weighted by atomic mass is 10.2. The van der Waals surface area contributed by atoms with Crippen LogP contribution in [0, 0.1) is 11.6 Å². The van der Waals surface area contributed by atoms with Crippen molar-refractivity contribution in [1.29, 1.82) is 0 Å². The van der Waals surface area contributed by atoms with Gasteiger partial charge in [-0.05, 0) is 25.0 Å². The monoisotopic (exact) mass is 385 g/mol. The summed E-state index contributed by atoms with van der Waals surface area (Å²) in [5.41, 5.74) is -2.45. The molecule has 0 radical (unpaired) electrons. The number of rotatable bonds is 8. The first kappa shape index (κ1) is 20.3. The fourth-order valence-corrected chi connectivity index (χ4v) is 6.11. The van der Waals surface area contributed by atoms with Crippen LogP contribution in [0.5, 0.6) is 0 Å². The number of aromatic carboxylic acids is 1. The van der Waals surface area contributed by atoms with Crippen LogP contribution in [0.4, 0.5) is 14.5 Å². The van der Waals surface area contributed by atoms with E-state index in [-0.39, 0.29) is 16.6 Å². The maximum absolute atomic E-state index is 14.4. The molecular formula is C13H17F2NO6S2. The second kappa shape index (κ2) is 7.43. The fourth-order valence-electron chi connectivity index (χ4n) is 2.03. The Kier molecular flexibility index (Phi) is 6.28. The highest BCUT2D eigenvalue weighted by Gasteiger charge is 2.36. The van der Waals surface area contributed by atoms with E-state index >= 15 is 0 Å². The van der Waals surface area contributed by atoms with Crippen molar-refractivity contribution >= 4 is 31.7 Å². The molecule has 0 heterocycles.